The smallest absolute Gasteiger partial charge is 0.207 e. The summed E-state index contributed by atoms with van der Waals surface area (Å²) in [5.41, 5.74) is -0.226. The van der Waals surface area contributed by atoms with Crippen LogP contribution >= 0.6 is 0 Å². The summed E-state index contributed by atoms with van der Waals surface area (Å²) in [5.74, 6) is -2.22. The summed E-state index contributed by atoms with van der Waals surface area (Å²) in [6.07, 6.45) is 4.02. The van der Waals surface area contributed by atoms with Gasteiger partial charge in [-0.25, -0.2) is 8.78 Å². The van der Waals surface area contributed by atoms with Gasteiger partial charge < -0.3 is 0 Å². The Bertz CT molecular complexity index is 253. The highest BCUT2D eigenvalue weighted by atomic mass is 19.3. The number of nitriles is 1. The molecular weight excluding hydrogens is 184 g/mol. The zero-order valence-electron chi connectivity index (χ0n) is 8.23. The third-order valence-corrected chi connectivity index (χ3v) is 3.97. The topological polar surface area (TPSA) is 23.8 Å². The summed E-state index contributed by atoms with van der Waals surface area (Å²) in [4.78, 5) is 0. The lowest BCUT2D eigenvalue weighted by Crippen LogP contribution is -2.40. The van der Waals surface area contributed by atoms with Crippen LogP contribution < -0.4 is 0 Å². The van der Waals surface area contributed by atoms with Gasteiger partial charge in [-0.15, -0.1) is 0 Å². The molecule has 0 N–H and O–H groups in total. The minimum Gasteiger partial charge on any atom is -0.207 e. The van der Waals surface area contributed by atoms with Crippen molar-refractivity contribution >= 4 is 0 Å². The maximum atomic E-state index is 12.9. The van der Waals surface area contributed by atoms with Crippen LogP contribution in [0.15, 0.2) is 0 Å². The van der Waals surface area contributed by atoms with Crippen molar-refractivity contribution in [3.8, 4) is 6.07 Å². The zero-order chi connectivity index (χ0) is 10.2. The molecule has 0 heterocycles. The monoisotopic (exact) mass is 199 g/mol. The molecule has 2 saturated carbocycles. The highest BCUT2D eigenvalue weighted by molar-refractivity contribution is 5.09. The van der Waals surface area contributed by atoms with Gasteiger partial charge in [0.15, 0.2) is 0 Å². The van der Waals surface area contributed by atoms with Gasteiger partial charge in [0.2, 0.25) is 5.92 Å². The van der Waals surface area contributed by atoms with Crippen molar-refractivity contribution < 1.29 is 8.78 Å². The van der Waals surface area contributed by atoms with E-state index in [1.165, 1.54) is 0 Å². The van der Waals surface area contributed by atoms with Crippen molar-refractivity contribution in [2.24, 2.45) is 11.3 Å². The SMILES string of the molecule is N#CC1(C2CCC(F)(F)CC2)CCC1. The van der Waals surface area contributed by atoms with E-state index in [1.807, 2.05) is 0 Å². The van der Waals surface area contributed by atoms with Crippen LogP contribution in [0.1, 0.15) is 44.9 Å². The van der Waals surface area contributed by atoms with Crippen molar-refractivity contribution in [2.45, 2.75) is 50.9 Å². The van der Waals surface area contributed by atoms with Gasteiger partial charge in [0, 0.05) is 12.8 Å². The normalized spacial score (nSPS) is 30.4. The van der Waals surface area contributed by atoms with Crippen molar-refractivity contribution in [1.29, 1.82) is 5.26 Å². The third kappa shape index (κ3) is 1.51. The van der Waals surface area contributed by atoms with Gasteiger partial charge in [-0.2, -0.15) is 5.26 Å². The molecule has 0 radical (unpaired) electrons. The van der Waals surface area contributed by atoms with Gasteiger partial charge in [-0.05, 0) is 31.6 Å². The Labute approximate surface area is 83.1 Å². The van der Waals surface area contributed by atoms with Crippen molar-refractivity contribution in [2.75, 3.05) is 0 Å². The van der Waals surface area contributed by atoms with Crippen LogP contribution in [-0.2, 0) is 0 Å². The average molecular weight is 199 g/mol. The molecule has 2 rings (SSSR count). The maximum Gasteiger partial charge on any atom is 0.248 e. The second-order valence-corrected chi connectivity index (χ2v) is 4.75. The molecule has 0 bridgehead atoms. The first-order valence-electron chi connectivity index (χ1n) is 5.37. The van der Waals surface area contributed by atoms with Gasteiger partial charge in [0.25, 0.3) is 0 Å². The third-order valence-electron chi connectivity index (χ3n) is 3.97. The zero-order valence-corrected chi connectivity index (χ0v) is 8.23. The minimum absolute atomic E-state index is 0.0128. The van der Waals surface area contributed by atoms with E-state index in [9.17, 15) is 8.78 Å². The Kier molecular flexibility index (Phi) is 2.25. The van der Waals surface area contributed by atoms with Crippen LogP contribution in [0.25, 0.3) is 0 Å². The molecule has 0 atom stereocenters. The van der Waals surface area contributed by atoms with Crippen LogP contribution in [0.4, 0.5) is 8.78 Å². The van der Waals surface area contributed by atoms with E-state index in [-0.39, 0.29) is 24.2 Å². The first kappa shape index (κ1) is 9.89. The summed E-state index contributed by atoms with van der Waals surface area (Å²) >= 11 is 0. The highest BCUT2D eigenvalue weighted by Crippen LogP contribution is 2.53. The molecule has 2 fully saturated rings. The van der Waals surface area contributed by atoms with E-state index in [0.717, 1.165) is 19.3 Å². The fourth-order valence-electron chi connectivity index (χ4n) is 2.76. The second kappa shape index (κ2) is 3.18. The predicted molar refractivity (Wildman–Crippen MR) is 48.8 cm³/mol. The first-order valence-corrected chi connectivity index (χ1v) is 5.37. The van der Waals surface area contributed by atoms with Gasteiger partial charge in [-0.3, -0.25) is 0 Å². The first-order chi connectivity index (χ1) is 6.58. The van der Waals surface area contributed by atoms with Crippen LogP contribution in [0.5, 0.6) is 0 Å². The molecule has 14 heavy (non-hydrogen) atoms. The van der Waals surface area contributed by atoms with E-state index < -0.39 is 5.92 Å². The summed E-state index contributed by atoms with van der Waals surface area (Å²) < 4.78 is 25.8. The molecule has 0 amide bonds. The summed E-state index contributed by atoms with van der Waals surface area (Å²) in [7, 11) is 0. The number of hydrogen-bond donors (Lipinski definition) is 0. The molecule has 0 aliphatic heterocycles. The Hall–Kier alpha value is -0.650. The molecule has 0 unspecified atom stereocenters. The molecule has 0 saturated heterocycles. The molecule has 3 heteroatoms. The molecular formula is C11H15F2N. The van der Waals surface area contributed by atoms with E-state index >= 15 is 0 Å². The van der Waals surface area contributed by atoms with Crippen LogP contribution in [-0.4, -0.2) is 5.92 Å². The lowest BCUT2D eigenvalue weighted by molar-refractivity contribution is -0.0669. The average Bonchev–Trinajstić information content (AvgIpc) is 2.06. The number of rotatable bonds is 1. The van der Waals surface area contributed by atoms with Gasteiger partial charge in [-0.1, -0.05) is 6.42 Å². The van der Waals surface area contributed by atoms with E-state index in [1.54, 1.807) is 0 Å². The largest absolute Gasteiger partial charge is 0.248 e. The highest BCUT2D eigenvalue weighted by Gasteiger charge is 2.48. The Balaban J connectivity index is 1.99. The maximum absolute atomic E-state index is 12.9. The molecule has 1 nitrogen and oxygen atoms in total. The summed E-state index contributed by atoms with van der Waals surface area (Å²) in [6, 6.07) is 2.37. The molecule has 0 spiro atoms. The molecule has 78 valence electrons. The lowest BCUT2D eigenvalue weighted by atomic mass is 9.58. The summed E-state index contributed by atoms with van der Waals surface area (Å²) in [6.45, 7) is 0. The van der Waals surface area contributed by atoms with Crippen LogP contribution in [0, 0.1) is 22.7 Å². The Morgan fingerprint density at radius 3 is 2.00 bits per heavy atom. The van der Waals surface area contributed by atoms with Crippen LogP contribution in [0.3, 0.4) is 0 Å². The molecule has 2 aliphatic carbocycles. The number of halogens is 2. The van der Waals surface area contributed by atoms with E-state index in [4.69, 9.17) is 5.26 Å². The Morgan fingerprint density at radius 2 is 1.64 bits per heavy atom. The molecule has 0 aromatic heterocycles. The number of nitrogens with zero attached hydrogens (tertiary/aromatic N) is 1. The predicted octanol–water partition coefficient (Wildman–Crippen LogP) is 3.51. The van der Waals surface area contributed by atoms with Crippen molar-refractivity contribution in [3.63, 3.8) is 0 Å². The number of alkyl halides is 2. The van der Waals surface area contributed by atoms with Gasteiger partial charge in [0.1, 0.15) is 0 Å². The standard InChI is InChI=1S/C11H15F2N/c12-11(13)6-2-9(3-7-11)10(8-14)4-1-5-10/h9H,1-7H2. The van der Waals surface area contributed by atoms with E-state index in [2.05, 4.69) is 6.07 Å². The van der Waals surface area contributed by atoms with Crippen LogP contribution in [0.2, 0.25) is 0 Å². The molecule has 0 aromatic carbocycles. The second-order valence-electron chi connectivity index (χ2n) is 4.75. The Morgan fingerprint density at radius 1 is 1.07 bits per heavy atom. The lowest BCUT2D eigenvalue weighted by Gasteiger charge is -2.45. The minimum atomic E-state index is -2.46. The van der Waals surface area contributed by atoms with Crippen molar-refractivity contribution in [3.05, 3.63) is 0 Å². The van der Waals surface area contributed by atoms with Gasteiger partial charge in [0.05, 0.1) is 11.5 Å². The quantitative estimate of drug-likeness (QED) is 0.634. The molecule has 2 aliphatic rings. The van der Waals surface area contributed by atoms with Gasteiger partial charge >= 0.3 is 0 Å². The van der Waals surface area contributed by atoms with Crippen molar-refractivity contribution in [1.82, 2.24) is 0 Å². The fraction of sp³-hybridized carbons (Fsp3) is 0.909. The number of hydrogen-bond acceptors (Lipinski definition) is 1. The fourth-order valence-corrected chi connectivity index (χ4v) is 2.76. The summed E-state index contributed by atoms with van der Waals surface area (Å²) in [5, 5.41) is 9.08. The molecule has 0 aromatic rings. The van der Waals surface area contributed by atoms with E-state index in [0.29, 0.717) is 12.8 Å².